The van der Waals surface area contributed by atoms with Crippen molar-refractivity contribution in [2.24, 2.45) is 0 Å². The van der Waals surface area contributed by atoms with Gasteiger partial charge in [0.25, 0.3) is 0 Å². The highest BCUT2D eigenvalue weighted by Gasteiger charge is 2.30. The summed E-state index contributed by atoms with van der Waals surface area (Å²) in [6, 6.07) is 7.29. The van der Waals surface area contributed by atoms with Gasteiger partial charge >= 0.3 is 0 Å². The van der Waals surface area contributed by atoms with Crippen LogP contribution >= 0.6 is 11.6 Å². The summed E-state index contributed by atoms with van der Waals surface area (Å²) in [6.45, 7) is 4.01. The Bertz CT molecular complexity index is 684. The number of aromatic nitrogens is 3. The van der Waals surface area contributed by atoms with E-state index in [9.17, 15) is 4.79 Å². The van der Waals surface area contributed by atoms with Gasteiger partial charge in [0.15, 0.2) is 0 Å². The number of halogens is 1. The molecular weight excluding hydrogens is 316 g/mol. The molecule has 1 aliphatic rings. The number of aromatic amines is 1. The van der Waals surface area contributed by atoms with Gasteiger partial charge < -0.3 is 0 Å². The second-order valence-electron chi connectivity index (χ2n) is 5.87. The lowest BCUT2D eigenvalue weighted by Gasteiger charge is -2.09. The smallest absolute Gasteiger partial charge is 0.248 e. The molecule has 2 atom stereocenters. The number of nitrogens with zero attached hydrogens (tertiary/aromatic N) is 2. The van der Waals surface area contributed by atoms with Gasteiger partial charge in [0.2, 0.25) is 11.9 Å². The molecule has 2 heterocycles. The van der Waals surface area contributed by atoms with E-state index in [1.54, 1.807) is 0 Å². The molecule has 0 radical (unpaired) electrons. The summed E-state index contributed by atoms with van der Waals surface area (Å²) in [5.74, 6) is 1.12. The highest BCUT2D eigenvalue weighted by atomic mass is 35.5. The molecule has 0 saturated carbocycles. The van der Waals surface area contributed by atoms with Crippen molar-refractivity contribution in [2.75, 3.05) is 5.32 Å². The highest BCUT2D eigenvalue weighted by molar-refractivity contribution is 6.30. The Labute approximate surface area is 139 Å². The Kier molecular flexibility index (Phi) is 4.61. The van der Waals surface area contributed by atoms with Crippen molar-refractivity contribution < 1.29 is 4.79 Å². The minimum absolute atomic E-state index is 0.0568. The number of anilines is 1. The summed E-state index contributed by atoms with van der Waals surface area (Å²) in [7, 11) is 0. The van der Waals surface area contributed by atoms with Crippen LogP contribution in [0.15, 0.2) is 24.3 Å². The first kappa shape index (κ1) is 15.9. The van der Waals surface area contributed by atoms with E-state index in [2.05, 4.69) is 31.3 Å². The van der Waals surface area contributed by atoms with E-state index in [1.807, 2.05) is 38.1 Å². The largest absolute Gasteiger partial charge is 0.292 e. The fraction of sp³-hybridized carbons (Fsp3) is 0.400. The third kappa shape index (κ3) is 3.69. The van der Waals surface area contributed by atoms with Gasteiger partial charge in [0, 0.05) is 17.0 Å². The summed E-state index contributed by atoms with van der Waals surface area (Å²) < 4.78 is 0. The van der Waals surface area contributed by atoms with Gasteiger partial charge in [-0.3, -0.25) is 15.2 Å². The lowest BCUT2D eigenvalue weighted by molar-refractivity contribution is -0.117. The summed E-state index contributed by atoms with van der Waals surface area (Å²) in [5.41, 5.74) is 7.22. The van der Waals surface area contributed by atoms with Crippen molar-refractivity contribution in [3.8, 4) is 0 Å². The number of amides is 1. The van der Waals surface area contributed by atoms with Crippen molar-refractivity contribution in [3.63, 3.8) is 0 Å². The normalized spacial score (nSPS) is 20.9. The molecule has 2 unspecified atom stereocenters. The molecule has 1 aliphatic heterocycles. The van der Waals surface area contributed by atoms with Crippen LogP contribution in [0, 0.1) is 0 Å². The maximum Gasteiger partial charge on any atom is 0.248 e. The molecule has 0 aliphatic carbocycles. The summed E-state index contributed by atoms with van der Waals surface area (Å²) in [4.78, 5) is 16.5. The summed E-state index contributed by atoms with van der Waals surface area (Å²) in [6.07, 6.45) is 0.634. The van der Waals surface area contributed by atoms with Crippen LogP contribution in [0.2, 0.25) is 5.02 Å². The molecule has 2 aromatic rings. The topological polar surface area (TPSA) is 94.7 Å². The number of carbonyl (C=O) groups excluding carboxylic acids is 1. The average molecular weight is 335 g/mol. The van der Waals surface area contributed by atoms with Gasteiger partial charge in [-0.25, -0.2) is 10.9 Å². The van der Waals surface area contributed by atoms with E-state index in [1.165, 1.54) is 0 Å². The van der Waals surface area contributed by atoms with Crippen LogP contribution in [0.25, 0.3) is 0 Å². The lowest BCUT2D eigenvalue weighted by atomic mass is 10.0. The molecule has 23 heavy (non-hydrogen) atoms. The van der Waals surface area contributed by atoms with E-state index < -0.39 is 0 Å². The predicted molar refractivity (Wildman–Crippen MR) is 88.0 cm³/mol. The summed E-state index contributed by atoms with van der Waals surface area (Å²) in [5, 5.41) is 10.2. The van der Waals surface area contributed by atoms with Crippen LogP contribution in [0.5, 0.6) is 0 Å². The van der Waals surface area contributed by atoms with Crippen LogP contribution in [-0.4, -0.2) is 27.1 Å². The first-order valence-electron chi connectivity index (χ1n) is 7.52. The molecule has 7 nitrogen and oxygen atoms in total. The van der Waals surface area contributed by atoms with Crippen LogP contribution in [0.1, 0.15) is 43.6 Å². The van der Waals surface area contributed by atoms with Gasteiger partial charge in [-0.15, -0.1) is 5.10 Å². The van der Waals surface area contributed by atoms with Gasteiger partial charge in [-0.2, -0.15) is 4.98 Å². The Balaban J connectivity index is 1.59. The number of benzene rings is 1. The fourth-order valence-corrected chi connectivity index (χ4v) is 2.55. The standard InChI is InChI=1S/C15H19ClN6O/c1-8(2)13-17-15(22-21-13)18-14(23)12-7-11(19-20-12)9-3-5-10(16)6-4-9/h3-6,8,11-12,19-20H,7H2,1-2H3,(H2,17,18,21,22,23). The number of hydrogen-bond acceptors (Lipinski definition) is 5. The van der Waals surface area contributed by atoms with Crippen LogP contribution in [0.3, 0.4) is 0 Å². The molecule has 1 amide bonds. The maximum absolute atomic E-state index is 12.3. The van der Waals surface area contributed by atoms with Crippen LogP contribution in [-0.2, 0) is 4.79 Å². The van der Waals surface area contributed by atoms with E-state index in [0.29, 0.717) is 17.4 Å². The zero-order valence-electron chi connectivity index (χ0n) is 12.9. The third-order valence-corrected chi connectivity index (χ3v) is 4.03. The second-order valence-corrected chi connectivity index (χ2v) is 6.31. The molecule has 1 fully saturated rings. The zero-order chi connectivity index (χ0) is 16.4. The average Bonchev–Trinajstić information content (AvgIpc) is 3.17. The molecule has 3 rings (SSSR count). The van der Waals surface area contributed by atoms with Gasteiger partial charge in [-0.05, 0) is 24.1 Å². The van der Waals surface area contributed by atoms with Crippen molar-refractivity contribution in [1.82, 2.24) is 26.0 Å². The number of rotatable bonds is 4. The van der Waals surface area contributed by atoms with Crippen molar-refractivity contribution in [2.45, 2.75) is 38.3 Å². The van der Waals surface area contributed by atoms with Crippen molar-refractivity contribution in [3.05, 3.63) is 40.7 Å². The zero-order valence-corrected chi connectivity index (χ0v) is 13.7. The lowest BCUT2D eigenvalue weighted by Crippen LogP contribution is -2.39. The quantitative estimate of drug-likeness (QED) is 0.687. The Hall–Kier alpha value is -1.96. The second kappa shape index (κ2) is 6.66. The highest BCUT2D eigenvalue weighted by Crippen LogP contribution is 2.24. The predicted octanol–water partition coefficient (Wildman–Crippen LogP) is 2.13. The first-order chi connectivity index (χ1) is 11.0. The molecule has 1 saturated heterocycles. The minimum Gasteiger partial charge on any atom is -0.292 e. The monoisotopic (exact) mass is 334 g/mol. The maximum atomic E-state index is 12.3. The van der Waals surface area contributed by atoms with Crippen LogP contribution < -0.4 is 16.2 Å². The van der Waals surface area contributed by atoms with Gasteiger partial charge in [0.05, 0.1) is 0 Å². The van der Waals surface area contributed by atoms with E-state index in [4.69, 9.17) is 11.6 Å². The molecule has 0 spiro atoms. The minimum atomic E-state index is -0.350. The number of hydrogen-bond donors (Lipinski definition) is 4. The molecular formula is C15H19ClN6O. The molecule has 1 aromatic carbocycles. The van der Waals surface area contributed by atoms with Crippen molar-refractivity contribution in [1.29, 1.82) is 0 Å². The van der Waals surface area contributed by atoms with Crippen LogP contribution in [0.4, 0.5) is 5.95 Å². The Morgan fingerprint density at radius 1 is 1.30 bits per heavy atom. The molecule has 122 valence electrons. The molecule has 0 bridgehead atoms. The first-order valence-corrected chi connectivity index (χ1v) is 7.90. The molecule has 4 N–H and O–H groups in total. The number of H-pyrrole nitrogens is 1. The third-order valence-electron chi connectivity index (χ3n) is 3.78. The number of carbonyl (C=O) groups is 1. The van der Waals surface area contributed by atoms with E-state index in [-0.39, 0.29) is 23.9 Å². The summed E-state index contributed by atoms with van der Waals surface area (Å²) >= 11 is 5.89. The SMILES string of the molecule is CC(C)c1nc(NC(=O)C2CC(c3ccc(Cl)cc3)NN2)n[nH]1. The van der Waals surface area contributed by atoms with Crippen molar-refractivity contribution >= 4 is 23.5 Å². The number of nitrogens with one attached hydrogen (secondary N) is 4. The van der Waals surface area contributed by atoms with Gasteiger partial charge in [0.1, 0.15) is 11.9 Å². The Morgan fingerprint density at radius 3 is 2.70 bits per heavy atom. The number of hydrazine groups is 1. The van der Waals surface area contributed by atoms with E-state index in [0.717, 1.165) is 11.4 Å². The Morgan fingerprint density at radius 2 is 2.04 bits per heavy atom. The van der Waals surface area contributed by atoms with Gasteiger partial charge in [-0.1, -0.05) is 37.6 Å². The molecule has 8 heteroatoms. The fourth-order valence-electron chi connectivity index (χ4n) is 2.43. The molecule has 1 aromatic heterocycles. The van der Waals surface area contributed by atoms with E-state index >= 15 is 0 Å².